The molecule has 1 N–H and O–H groups in total. The highest BCUT2D eigenvalue weighted by atomic mass is 32.1. The molecule has 1 fully saturated rings. The summed E-state index contributed by atoms with van der Waals surface area (Å²) in [5.41, 5.74) is 1.22. The number of likely N-dealkylation sites (N-methyl/N-ethyl adjacent to an activating group) is 1. The van der Waals surface area contributed by atoms with Crippen molar-refractivity contribution in [3.8, 4) is 0 Å². The van der Waals surface area contributed by atoms with E-state index >= 15 is 0 Å². The summed E-state index contributed by atoms with van der Waals surface area (Å²) in [6.45, 7) is 7.22. The first-order chi connectivity index (χ1) is 13.7. The summed E-state index contributed by atoms with van der Waals surface area (Å²) < 4.78 is 5.26. The molecule has 0 bridgehead atoms. The zero-order chi connectivity index (χ0) is 19.9. The van der Waals surface area contributed by atoms with Gasteiger partial charge in [0.25, 0.3) is 5.91 Å². The molecule has 152 valence electrons. The van der Waals surface area contributed by atoms with Gasteiger partial charge in [0.05, 0.1) is 12.3 Å². The van der Waals surface area contributed by atoms with Crippen LogP contribution >= 0.6 is 11.3 Å². The van der Waals surface area contributed by atoms with Gasteiger partial charge in [-0.1, -0.05) is 13.8 Å². The fourth-order valence-electron chi connectivity index (χ4n) is 3.89. The van der Waals surface area contributed by atoms with Gasteiger partial charge in [-0.3, -0.25) is 14.5 Å². The van der Waals surface area contributed by atoms with Gasteiger partial charge in [0.2, 0.25) is 5.91 Å². The fourth-order valence-corrected chi connectivity index (χ4v) is 4.60. The van der Waals surface area contributed by atoms with Gasteiger partial charge in [-0.25, -0.2) is 0 Å². The maximum absolute atomic E-state index is 13.0. The Kier molecular flexibility index (Phi) is 7.28. The number of likely N-dealkylation sites (tertiary alicyclic amines) is 1. The van der Waals surface area contributed by atoms with Gasteiger partial charge >= 0.3 is 0 Å². The van der Waals surface area contributed by atoms with Gasteiger partial charge in [0.1, 0.15) is 6.04 Å². The number of hydrogen-bond donors (Lipinski definition) is 1. The molecular formula is C21H29N3O3S. The predicted octanol–water partition coefficient (Wildman–Crippen LogP) is 3.54. The smallest absolute Gasteiger partial charge is 0.290 e. The van der Waals surface area contributed by atoms with Crippen molar-refractivity contribution in [3.63, 3.8) is 0 Å². The third-order valence-corrected chi connectivity index (χ3v) is 6.15. The first kappa shape index (κ1) is 20.6. The summed E-state index contributed by atoms with van der Waals surface area (Å²) in [4.78, 5) is 29.8. The molecule has 2 unspecified atom stereocenters. The van der Waals surface area contributed by atoms with E-state index in [1.54, 1.807) is 28.4 Å². The summed E-state index contributed by atoms with van der Waals surface area (Å²) in [6.07, 6.45) is 4.03. The van der Waals surface area contributed by atoms with Gasteiger partial charge in [-0.2, -0.15) is 11.3 Å². The van der Waals surface area contributed by atoms with Crippen LogP contribution in [0.25, 0.3) is 0 Å². The molecule has 2 aromatic rings. The number of amides is 2. The topological polar surface area (TPSA) is 65.8 Å². The minimum absolute atomic E-state index is 0.0769. The minimum Gasteiger partial charge on any atom is -0.459 e. The fraction of sp³-hybridized carbons (Fsp3) is 0.524. The average Bonchev–Trinajstić information content (AvgIpc) is 3.44. The highest BCUT2D eigenvalue weighted by Gasteiger charge is 2.34. The molecular weight excluding hydrogens is 374 g/mol. The molecule has 0 spiro atoms. The third kappa shape index (κ3) is 4.64. The molecule has 1 aliphatic heterocycles. The molecule has 28 heavy (non-hydrogen) atoms. The van der Waals surface area contributed by atoms with Crippen molar-refractivity contribution in [2.75, 3.05) is 26.2 Å². The Morgan fingerprint density at radius 3 is 2.79 bits per heavy atom. The summed E-state index contributed by atoms with van der Waals surface area (Å²) in [6, 6.07) is 5.17. The Morgan fingerprint density at radius 2 is 2.14 bits per heavy atom. The second kappa shape index (κ2) is 9.89. The predicted molar refractivity (Wildman–Crippen MR) is 110 cm³/mol. The number of piperidine rings is 1. The van der Waals surface area contributed by atoms with Crippen LogP contribution < -0.4 is 5.32 Å². The number of carbonyl (C=O) groups is 2. The normalized spacial score (nSPS) is 18.2. The number of nitrogens with zero attached hydrogens (tertiary/aromatic N) is 2. The summed E-state index contributed by atoms with van der Waals surface area (Å²) in [5, 5.41) is 7.33. The van der Waals surface area contributed by atoms with Crippen LogP contribution in [0, 0.1) is 0 Å². The van der Waals surface area contributed by atoms with Crippen molar-refractivity contribution in [1.82, 2.24) is 15.1 Å². The van der Waals surface area contributed by atoms with Gasteiger partial charge < -0.3 is 14.6 Å². The number of hydrogen-bond acceptors (Lipinski definition) is 5. The largest absolute Gasteiger partial charge is 0.459 e. The van der Waals surface area contributed by atoms with Crippen LogP contribution in [-0.2, 0) is 4.79 Å². The SMILES string of the molecule is CCN(CC)C(CNC(=O)C1CCCCN1C(=O)c1ccco1)c1ccsc1. The molecule has 7 heteroatoms. The van der Waals surface area contributed by atoms with Gasteiger partial charge in [-0.05, 0) is 66.9 Å². The quantitative estimate of drug-likeness (QED) is 0.732. The van der Waals surface area contributed by atoms with E-state index in [1.807, 2.05) is 0 Å². The van der Waals surface area contributed by atoms with Crippen molar-refractivity contribution >= 4 is 23.2 Å². The van der Waals surface area contributed by atoms with Gasteiger partial charge in [0, 0.05) is 13.1 Å². The van der Waals surface area contributed by atoms with Crippen LogP contribution in [0.3, 0.4) is 0 Å². The van der Waals surface area contributed by atoms with Crippen LogP contribution in [0.2, 0.25) is 0 Å². The van der Waals surface area contributed by atoms with Crippen molar-refractivity contribution in [1.29, 1.82) is 0 Å². The maximum Gasteiger partial charge on any atom is 0.290 e. The highest BCUT2D eigenvalue weighted by molar-refractivity contribution is 7.07. The first-order valence-corrected chi connectivity index (χ1v) is 11.0. The zero-order valence-electron chi connectivity index (χ0n) is 16.6. The Hall–Kier alpha value is -2.12. The molecule has 0 radical (unpaired) electrons. The van der Waals surface area contributed by atoms with E-state index < -0.39 is 6.04 Å². The molecule has 2 aromatic heterocycles. The van der Waals surface area contributed by atoms with E-state index in [4.69, 9.17) is 4.42 Å². The number of furan rings is 1. The molecule has 3 heterocycles. The number of nitrogens with one attached hydrogen (secondary N) is 1. The molecule has 6 nitrogen and oxygen atoms in total. The number of carbonyl (C=O) groups excluding carboxylic acids is 2. The van der Waals surface area contributed by atoms with E-state index in [2.05, 4.69) is 40.9 Å². The van der Waals surface area contributed by atoms with Gasteiger partial charge in [-0.15, -0.1) is 0 Å². The van der Waals surface area contributed by atoms with E-state index in [-0.39, 0.29) is 17.9 Å². The van der Waals surface area contributed by atoms with Gasteiger partial charge in [0.15, 0.2) is 5.76 Å². The van der Waals surface area contributed by atoms with Crippen molar-refractivity contribution < 1.29 is 14.0 Å². The van der Waals surface area contributed by atoms with E-state index in [0.717, 1.165) is 25.9 Å². The maximum atomic E-state index is 13.0. The minimum atomic E-state index is -0.439. The monoisotopic (exact) mass is 403 g/mol. The zero-order valence-corrected chi connectivity index (χ0v) is 17.4. The molecule has 2 amide bonds. The van der Waals surface area contributed by atoms with E-state index in [0.29, 0.717) is 25.3 Å². The van der Waals surface area contributed by atoms with Crippen molar-refractivity contribution in [2.24, 2.45) is 0 Å². The lowest BCUT2D eigenvalue weighted by Crippen LogP contribution is -2.53. The highest BCUT2D eigenvalue weighted by Crippen LogP contribution is 2.24. The molecule has 0 aliphatic carbocycles. The first-order valence-electron chi connectivity index (χ1n) is 10.0. The molecule has 0 aromatic carbocycles. The van der Waals surface area contributed by atoms with Crippen LogP contribution in [0.1, 0.15) is 55.3 Å². The molecule has 1 aliphatic rings. The second-order valence-corrected chi connectivity index (χ2v) is 7.81. The van der Waals surface area contributed by atoms with Crippen LogP contribution in [0.5, 0.6) is 0 Å². The van der Waals surface area contributed by atoms with E-state index in [9.17, 15) is 9.59 Å². The third-order valence-electron chi connectivity index (χ3n) is 5.45. The van der Waals surface area contributed by atoms with Crippen LogP contribution in [0.15, 0.2) is 39.6 Å². The van der Waals surface area contributed by atoms with Crippen molar-refractivity contribution in [2.45, 2.75) is 45.2 Å². The van der Waals surface area contributed by atoms with Crippen LogP contribution in [-0.4, -0.2) is 53.8 Å². The van der Waals surface area contributed by atoms with Crippen molar-refractivity contribution in [3.05, 3.63) is 46.5 Å². The lowest BCUT2D eigenvalue weighted by Gasteiger charge is -2.35. The molecule has 0 saturated carbocycles. The molecule has 2 atom stereocenters. The molecule has 1 saturated heterocycles. The average molecular weight is 404 g/mol. The lowest BCUT2D eigenvalue weighted by atomic mass is 10.0. The Labute approximate surface area is 170 Å². The standard InChI is InChI=1S/C21H29N3O3S/c1-3-23(4-2)18(16-10-13-28-15-16)14-22-20(25)17-8-5-6-11-24(17)21(26)19-9-7-12-27-19/h7,9-10,12-13,15,17-18H,3-6,8,11,14H2,1-2H3,(H,22,25). The second-order valence-electron chi connectivity index (χ2n) is 7.03. The Bertz CT molecular complexity index is 741. The number of thiophene rings is 1. The Balaban J connectivity index is 1.68. The summed E-state index contributed by atoms with van der Waals surface area (Å²) in [5.74, 6) is 0.00830. The lowest BCUT2D eigenvalue weighted by molar-refractivity contribution is -0.127. The van der Waals surface area contributed by atoms with Crippen LogP contribution in [0.4, 0.5) is 0 Å². The van der Waals surface area contributed by atoms with E-state index in [1.165, 1.54) is 11.8 Å². The summed E-state index contributed by atoms with van der Waals surface area (Å²) in [7, 11) is 0. The Morgan fingerprint density at radius 1 is 1.32 bits per heavy atom. The number of rotatable bonds is 8. The summed E-state index contributed by atoms with van der Waals surface area (Å²) >= 11 is 1.67. The molecule has 3 rings (SSSR count).